The smallest absolute Gasteiger partial charge is 0.261 e. The Hall–Kier alpha value is -3.81. The topological polar surface area (TPSA) is 120 Å². The van der Waals surface area contributed by atoms with E-state index in [4.69, 9.17) is 24.2 Å². The number of aromatic nitrogens is 2. The van der Waals surface area contributed by atoms with Gasteiger partial charge in [-0.05, 0) is 25.6 Å². The van der Waals surface area contributed by atoms with Crippen molar-refractivity contribution in [3.63, 3.8) is 0 Å². The van der Waals surface area contributed by atoms with E-state index in [1.807, 2.05) is 17.0 Å². The van der Waals surface area contributed by atoms with Gasteiger partial charge in [-0.1, -0.05) is 0 Å². The molecule has 13 heteroatoms. The molecule has 13 nitrogen and oxygen atoms in total. The van der Waals surface area contributed by atoms with Gasteiger partial charge in [0.1, 0.15) is 11.5 Å². The van der Waals surface area contributed by atoms with Crippen LogP contribution in [0.2, 0.25) is 0 Å². The van der Waals surface area contributed by atoms with Crippen LogP contribution in [0.5, 0.6) is 11.5 Å². The fourth-order valence-electron chi connectivity index (χ4n) is 5.38. The molecule has 0 unspecified atom stereocenters. The van der Waals surface area contributed by atoms with Crippen molar-refractivity contribution in [2.24, 2.45) is 9.98 Å². The quantitative estimate of drug-likeness (QED) is 0.463. The van der Waals surface area contributed by atoms with Crippen molar-refractivity contribution in [2.75, 3.05) is 97.8 Å². The number of rotatable bonds is 8. The van der Waals surface area contributed by atoms with Crippen molar-refractivity contribution in [1.29, 1.82) is 0 Å². The van der Waals surface area contributed by atoms with E-state index in [-0.39, 0.29) is 5.91 Å². The number of carbonyl (C=O) groups is 1. The fourth-order valence-corrected chi connectivity index (χ4v) is 5.38. The van der Waals surface area contributed by atoms with Crippen LogP contribution in [0.25, 0.3) is 0 Å². The minimum Gasteiger partial charge on any atom is -0.491 e. The van der Waals surface area contributed by atoms with Crippen LogP contribution >= 0.6 is 0 Å². The lowest BCUT2D eigenvalue weighted by Crippen LogP contribution is -2.47. The summed E-state index contributed by atoms with van der Waals surface area (Å²) in [5.74, 6) is 2.58. The van der Waals surface area contributed by atoms with E-state index in [0.717, 1.165) is 76.8 Å². The van der Waals surface area contributed by atoms with Gasteiger partial charge in [0.15, 0.2) is 11.5 Å². The number of fused-ring (bicyclic) bond motifs is 3. The second-order valence-electron chi connectivity index (χ2n) is 10.5. The highest BCUT2D eigenvalue weighted by Crippen LogP contribution is 2.43. The van der Waals surface area contributed by atoms with Gasteiger partial charge in [-0.2, -0.15) is 0 Å². The van der Waals surface area contributed by atoms with Crippen LogP contribution in [0.3, 0.4) is 0 Å². The summed E-state index contributed by atoms with van der Waals surface area (Å²) in [6.07, 6.45) is 4.02. The third-order valence-corrected chi connectivity index (χ3v) is 7.75. The number of benzene rings is 1. The number of nitrogens with one attached hydrogen (secondary N) is 1. The van der Waals surface area contributed by atoms with Gasteiger partial charge in [-0.3, -0.25) is 24.9 Å². The molecule has 0 bridgehead atoms. The summed E-state index contributed by atoms with van der Waals surface area (Å²) in [7, 11) is 3.71. The van der Waals surface area contributed by atoms with E-state index in [0.29, 0.717) is 54.4 Å². The van der Waals surface area contributed by atoms with Crippen LogP contribution in [0.1, 0.15) is 22.3 Å². The van der Waals surface area contributed by atoms with Gasteiger partial charge in [0.25, 0.3) is 5.91 Å². The number of morpholine rings is 1. The maximum Gasteiger partial charge on any atom is 0.261 e. The molecule has 1 N–H and O–H groups in total. The molecule has 0 spiro atoms. The number of amides is 1. The Balaban J connectivity index is 1.16. The number of aliphatic imine (C=N–C) groups is 2. The summed E-state index contributed by atoms with van der Waals surface area (Å²) in [6.45, 7) is 9.84. The summed E-state index contributed by atoms with van der Waals surface area (Å²) in [4.78, 5) is 40.4. The molecule has 5 heterocycles. The molecule has 2 fully saturated rings. The Morgan fingerprint density at radius 2 is 1.83 bits per heavy atom. The predicted molar refractivity (Wildman–Crippen MR) is 155 cm³/mol. The Labute approximate surface area is 239 Å². The molecule has 2 aromatic rings. The molecule has 6 rings (SSSR count). The molecule has 0 atom stereocenters. The van der Waals surface area contributed by atoms with Crippen LogP contribution in [0.15, 0.2) is 34.5 Å². The predicted octanol–water partition coefficient (Wildman–Crippen LogP) is 0.831. The lowest BCUT2D eigenvalue weighted by atomic mass is 10.1. The van der Waals surface area contributed by atoms with Crippen molar-refractivity contribution in [3.05, 3.63) is 35.7 Å². The van der Waals surface area contributed by atoms with E-state index in [2.05, 4.69) is 37.0 Å². The maximum atomic E-state index is 13.2. The van der Waals surface area contributed by atoms with Gasteiger partial charge >= 0.3 is 0 Å². The second kappa shape index (κ2) is 12.4. The maximum absolute atomic E-state index is 13.2. The van der Waals surface area contributed by atoms with E-state index in [9.17, 15) is 4.79 Å². The van der Waals surface area contributed by atoms with Crippen LogP contribution < -0.4 is 19.7 Å². The lowest BCUT2D eigenvalue weighted by molar-refractivity contribution is 0.0357. The second-order valence-corrected chi connectivity index (χ2v) is 10.5. The SMILES string of the molecule is COc1c(OCCCN2CCOCC2)ccc2c1N=C(NC(=O)c1cnc(N3CCN(C)CC3)nc1)N1CCN=C21. The van der Waals surface area contributed by atoms with E-state index >= 15 is 0 Å². The number of ether oxygens (including phenoxy) is 3. The summed E-state index contributed by atoms with van der Waals surface area (Å²) in [6, 6.07) is 3.86. The van der Waals surface area contributed by atoms with Crippen molar-refractivity contribution in [1.82, 2.24) is 30.0 Å². The largest absolute Gasteiger partial charge is 0.491 e. The molecule has 4 aliphatic rings. The lowest BCUT2D eigenvalue weighted by Gasteiger charge is -2.32. The van der Waals surface area contributed by atoms with Crippen LogP contribution in [0, 0.1) is 0 Å². The van der Waals surface area contributed by atoms with E-state index in [1.54, 1.807) is 19.5 Å². The molecule has 1 aromatic carbocycles. The van der Waals surface area contributed by atoms with Crippen molar-refractivity contribution >= 4 is 29.3 Å². The van der Waals surface area contributed by atoms with Gasteiger partial charge in [0, 0.05) is 70.3 Å². The highest BCUT2D eigenvalue weighted by molar-refractivity contribution is 6.20. The standard InChI is InChI=1S/C28H37N9O4/c1-34-9-11-36(12-10-34)27-30-18-20(19-31-27)26(38)33-28-32-23-21(25-29-6-8-37(25)28)4-5-22(24(23)39-2)41-15-3-7-35-13-16-40-17-14-35/h4-5,18-19H,3,6-17H2,1-2H3,(H,32,33,38). The molecule has 1 amide bonds. The molecular weight excluding hydrogens is 526 g/mol. The molecule has 2 saturated heterocycles. The molecule has 0 aliphatic carbocycles. The molecule has 1 aromatic heterocycles. The normalized spacial score (nSPS) is 19.3. The average Bonchev–Trinajstić information content (AvgIpc) is 3.51. The number of piperazine rings is 1. The number of hydrogen-bond acceptors (Lipinski definition) is 12. The Morgan fingerprint density at radius 1 is 1.05 bits per heavy atom. The van der Waals surface area contributed by atoms with E-state index < -0.39 is 0 Å². The molecule has 0 saturated carbocycles. The summed E-state index contributed by atoms with van der Waals surface area (Å²) in [5, 5.41) is 2.96. The number of carbonyl (C=O) groups excluding carboxylic acids is 1. The first-order chi connectivity index (χ1) is 20.1. The Bertz CT molecular complexity index is 1300. The van der Waals surface area contributed by atoms with E-state index in [1.165, 1.54) is 0 Å². The van der Waals surface area contributed by atoms with Gasteiger partial charge in [-0.15, -0.1) is 0 Å². The molecular formula is C28H37N9O4. The zero-order valence-electron chi connectivity index (χ0n) is 23.7. The minimum absolute atomic E-state index is 0.335. The van der Waals surface area contributed by atoms with Gasteiger partial charge < -0.3 is 24.0 Å². The van der Waals surface area contributed by atoms with Crippen LogP contribution in [-0.2, 0) is 4.74 Å². The number of nitrogens with zero attached hydrogens (tertiary/aromatic N) is 8. The molecule has 4 aliphatic heterocycles. The molecule has 218 valence electrons. The third kappa shape index (κ3) is 5.97. The first-order valence-corrected chi connectivity index (χ1v) is 14.2. The fraction of sp³-hybridized carbons (Fsp3) is 0.536. The van der Waals surface area contributed by atoms with Crippen LogP contribution in [-0.4, -0.2) is 135 Å². The van der Waals surface area contributed by atoms with Gasteiger partial charge in [-0.25, -0.2) is 15.0 Å². The first-order valence-electron chi connectivity index (χ1n) is 14.2. The molecule has 41 heavy (non-hydrogen) atoms. The van der Waals surface area contributed by atoms with Crippen LogP contribution in [0.4, 0.5) is 11.6 Å². The Morgan fingerprint density at radius 3 is 2.59 bits per heavy atom. The third-order valence-electron chi connectivity index (χ3n) is 7.75. The minimum atomic E-state index is -0.335. The number of hydrogen-bond donors (Lipinski definition) is 1. The number of amidine groups is 1. The van der Waals surface area contributed by atoms with Crippen molar-refractivity contribution in [2.45, 2.75) is 6.42 Å². The Kier molecular flexibility index (Phi) is 8.26. The van der Waals surface area contributed by atoms with Crippen molar-refractivity contribution in [3.8, 4) is 11.5 Å². The number of guanidine groups is 1. The summed E-state index contributed by atoms with van der Waals surface area (Å²) < 4.78 is 17.3. The number of likely N-dealkylation sites (N-methyl/N-ethyl adjacent to an activating group) is 1. The first kappa shape index (κ1) is 27.4. The zero-order chi connectivity index (χ0) is 28.2. The average molecular weight is 564 g/mol. The highest BCUT2D eigenvalue weighted by Gasteiger charge is 2.33. The van der Waals surface area contributed by atoms with Gasteiger partial charge in [0.2, 0.25) is 11.9 Å². The number of anilines is 1. The zero-order valence-corrected chi connectivity index (χ0v) is 23.7. The highest BCUT2D eigenvalue weighted by atomic mass is 16.5. The summed E-state index contributed by atoms with van der Waals surface area (Å²) >= 11 is 0. The monoisotopic (exact) mass is 563 g/mol. The number of methoxy groups -OCH3 is 1. The summed E-state index contributed by atoms with van der Waals surface area (Å²) in [5.41, 5.74) is 1.79. The van der Waals surface area contributed by atoms with Crippen molar-refractivity contribution < 1.29 is 19.0 Å². The van der Waals surface area contributed by atoms with Gasteiger partial charge in [0.05, 0.1) is 39.0 Å². The molecule has 0 radical (unpaired) electrons.